The quantitative estimate of drug-likeness (QED) is 0.643. The van der Waals surface area contributed by atoms with Crippen LogP contribution in [0.15, 0.2) is 0 Å². The van der Waals surface area contributed by atoms with Crippen molar-refractivity contribution >= 4 is 5.91 Å². The highest BCUT2D eigenvalue weighted by molar-refractivity contribution is 5.84. The SMILES string of the molecule is CCC1OC(C)(C)N2C(=O)C(F)CC12. The molecule has 0 bridgehead atoms. The number of carbonyl (C=O) groups is 1. The Balaban J connectivity index is 2.29. The minimum atomic E-state index is -1.32. The van der Waals surface area contributed by atoms with E-state index in [-0.39, 0.29) is 12.1 Å². The van der Waals surface area contributed by atoms with E-state index >= 15 is 0 Å². The first kappa shape index (κ1) is 9.90. The number of hydrogen-bond donors (Lipinski definition) is 0. The molecule has 0 aromatic rings. The molecule has 0 aromatic carbocycles. The molecule has 2 aliphatic heterocycles. The largest absolute Gasteiger partial charge is 0.351 e. The summed E-state index contributed by atoms with van der Waals surface area (Å²) >= 11 is 0. The van der Waals surface area contributed by atoms with E-state index in [9.17, 15) is 9.18 Å². The van der Waals surface area contributed by atoms with Gasteiger partial charge in [0.15, 0.2) is 6.17 Å². The van der Waals surface area contributed by atoms with Gasteiger partial charge >= 0.3 is 0 Å². The maximum Gasteiger partial charge on any atom is 0.259 e. The third-order valence-electron chi connectivity index (χ3n) is 3.14. The normalized spacial score (nSPS) is 40.4. The maximum atomic E-state index is 13.2. The van der Waals surface area contributed by atoms with Crippen molar-refractivity contribution in [2.24, 2.45) is 0 Å². The molecular weight excluding hydrogens is 185 g/mol. The lowest BCUT2D eigenvalue weighted by atomic mass is 10.1. The van der Waals surface area contributed by atoms with Gasteiger partial charge in [-0.1, -0.05) is 6.92 Å². The number of alkyl halides is 1. The minimum Gasteiger partial charge on any atom is -0.351 e. The van der Waals surface area contributed by atoms with Crippen LogP contribution in [0, 0.1) is 0 Å². The summed E-state index contributed by atoms with van der Waals surface area (Å²) in [7, 11) is 0. The first-order chi connectivity index (χ1) is 6.47. The fourth-order valence-electron chi connectivity index (χ4n) is 2.58. The Labute approximate surface area is 83.2 Å². The molecule has 0 aliphatic carbocycles. The van der Waals surface area contributed by atoms with E-state index in [2.05, 4.69) is 0 Å². The molecule has 0 spiro atoms. The topological polar surface area (TPSA) is 29.5 Å². The number of fused-ring (bicyclic) bond motifs is 1. The number of nitrogens with zero attached hydrogens (tertiary/aromatic N) is 1. The van der Waals surface area contributed by atoms with Crippen LogP contribution in [0.25, 0.3) is 0 Å². The fourth-order valence-corrected chi connectivity index (χ4v) is 2.58. The highest BCUT2D eigenvalue weighted by Crippen LogP contribution is 2.41. The molecule has 2 heterocycles. The molecule has 2 fully saturated rings. The van der Waals surface area contributed by atoms with Gasteiger partial charge in [-0.3, -0.25) is 4.79 Å². The van der Waals surface area contributed by atoms with Gasteiger partial charge in [0.25, 0.3) is 5.91 Å². The molecule has 80 valence electrons. The number of hydrogen-bond acceptors (Lipinski definition) is 2. The molecule has 2 aliphatic rings. The van der Waals surface area contributed by atoms with Crippen molar-refractivity contribution in [2.75, 3.05) is 0 Å². The first-order valence-corrected chi connectivity index (χ1v) is 5.12. The predicted molar refractivity (Wildman–Crippen MR) is 49.4 cm³/mol. The monoisotopic (exact) mass is 201 g/mol. The van der Waals surface area contributed by atoms with Crippen LogP contribution in [-0.4, -0.2) is 34.8 Å². The number of halogens is 1. The summed E-state index contributed by atoms with van der Waals surface area (Å²) in [5.41, 5.74) is -0.636. The molecule has 3 atom stereocenters. The number of rotatable bonds is 1. The van der Waals surface area contributed by atoms with E-state index in [0.717, 1.165) is 6.42 Å². The summed E-state index contributed by atoms with van der Waals surface area (Å²) < 4.78 is 19.0. The Morgan fingerprint density at radius 2 is 2.29 bits per heavy atom. The zero-order chi connectivity index (χ0) is 10.5. The summed E-state index contributed by atoms with van der Waals surface area (Å²) in [6.07, 6.45) is -0.210. The van der Waals surface area contributed by atoms with Crippen LogP contribution in [0.3, 0.4) is 0 Å². The van der Waals surface area contributed by atoms with Gasteiger partial charge in [0.1, 0.15) is 5.72 Å². The summed E-state index contributed by atoms with van der Waals surface area (Å²) in [6, 6.07) is -0.0579. The maximum absolute atomic E-state index is 13.2. The van der Waals surface area contributed by atoms with E-state index in [1.165, 1.54) is 0 Å². The van der Waals surface area contributed by atoms with Gasteiger partial charge in [-0.15, -0.1) is 0 Å². The summed E-state index contributed by atoms with van der Waals surface area (Å²) in [4.78, 5) is 13.1. The molecular formula is C10H16FNO2. The lowest BCUT2D eigenvalue weighted by Crippen LogP contribution is -2.44. The second-order valence-electron chi connectivity index (χ2n) is 4.49. The van der Waals surface area contributed by atoms with Crippen molar-refractivity contribution in [1.82, 2.24) is 4.90 Å². The standard InChI is InChI=1S/C10H16FNO2/c1-4-8-7-5-6(11)9(13)12(7)10(2,3)14-8/h6-8H,4-5H2,1-3H3. The number of amides is 1. The van der Waals surface area contributed by atoms with Crippen molar-refractivity contribution in [3.05, 3.63) is 0 Å². The smallest absolute Gasteiger partial charge is 0.259 e. The molecule has 0 N–H and O–H groups in total. The van der Waals surface area contributed by atoms with E-state index < -0.39 is 17.8 Å². The van der Waals surface area contributed by atoms with E-state index in [0.29, 0.717) is 6.42 Å². The van der Waals surface area contributed by atoms with Crippen molar-refractivity contribution < 1.29 is 13.9 Å². The molecule has 2 rings (SSSR count). The van der Waals surface area contributed by atoms with Crippen LogP contribution in [0.4, 0.5) is 4.39 Å². The average Bonchev–Trinajstić information content (AvgIpc) is 2.52. The zero-order valence-electron chi connectivity index (χ0n) is 8.79. The average molecular weight is 201 g/mol. The van der Waals surface area contributed by atoms with Gasteiger partial charge in [-0.2, -0.15) is 0 Å². The van der Waals surface area contributed by atoms with Crippen LogP contribution in [-0.2, 0) is 9.53 Å². The van der Waals surface area contributed by atoms with Gasteiger partial charge in [0, 0.05) is 6.42 Å². The molecule has 4 heteroatoms. The van der Waals surface area contributed by atoms with Crippen molar-refractivity contribution in [2.45, 2.75) is 57.7 Å². The molecule has 1 amide bonds. The summed E-state index contributed by atoms with van der Waals surface area (Å²) in [5.74, 6) is -0.407. The predicted octanol–water partition coefficient (Wildman–Crippen LogP) is 1.47. The summed E-state index contributed by atoms with van der Waals surface area (Å²) in [5, 5.41) is 0. The molecule has 3 nitrogen and oxygen atoms in total. The first-order valence-electron chi connectivity index (χ1n) is 5.12. The molecule has 14 heavy (non-hydrogen) atoms. The second-order valence-corrected chi connectivity index (χ2v) is 4.49. The Bertz CT molecular complexity index is 267. The summed E-state index contributed by atoms with van der Waals surface area (Å²) in [6.45, 7) is 5.65. The highest BCUT2D eigenvalue weighted by atomic mass is 19.1. The highest BCUT2D eigenvalue weighted by Gasteiger charge is 2.55. The van der Waals surface area contributed by atoms with E-state index in [1.54, 1.807) is 4.90 Å². The van der Waals surface area contributed by atoms with Crippen molar-refractivity contribution in [3.8, 4) is 0 Å². The van der Waals surface area contributed by atoms with Gasteiger partial charge < -0.3 is 9.64 Å². The third-order valence-corrected chi connectivity index (χ3v) is 3.14. The minimum absolute atomic E-state index is 0.00491. The van der Waals surface area contributed by atoms with Crippen LogP contribution >= 0.6 is 0 Å². The van der Waals surface area contributed by atoms with Gasteiger partial charge in [-0.25, -0.2) is 4.39 Å². The van der Waals surface area contributed by atoms with Crippen molar-refractivity contribution in [3.63, 3.8) is 0 Å². The fraction of sp³-hybridized carbons (Fsp3) is 0.900. The Morgan fingerprint density at radius 3 is 2.86 bits per heavy atom. The van der Waals surface area contributed by atoms with Gasteiger partial charge in [0.2, 0.25) is 0 Å². The molecule has 2 saturated heterocycles. The number of ether oxygens (including phenoxy) is 1. The van der Waals surface area contributed by atoms with Crippen molar-refractivity contribution in [1.29, 1.82) is 0 Å². The zero-order valence-corrected chi connectivity index (χ0v) is 8.79. The molecule has 0 aromatic heterocycles. The number of carbonyl (C=O) groups excluding carboxylic acids is 1. The molecule has 0 radical (unpaired) electrons. The Morgan fingerprint density at radius 1 is 1.64 bits per heavy atom. The lowest BCUT2D eigenvalue weighted by Gasteiger charge is -2.28. The van der Waals surface area contributed by atoms with Crippen LogP contribution in [0.5, 0.6) is 0 Å². The van der Waals surface area contributed by atoms with Crippen LogP contribution in [0.2, 0.25) is 0 Å². The van der Waals surface area contributed by atoms with E-state index in [1.807, 2.05) is 20.8 Å². The second kappa shape index (κ2) is 2.92. The van der Waals surface area contributed by atoms with E-state index in [4.69, 9.17) is 4.74 Å². The van der Waals surface area contributed by atoms with Crippen LogP contribution in [0.1, 0.15) is 33.6 Å². The third kappa shape index (κ3) is 1.16. The molecule has 3 unspecified atom stereocenters. The molecule has 0 saturated carbocycles. The Hall–Kier alpha value is -0.640. The van der Waals surface area contributed by atoms with Gasteiger partial charge in [0.05, 0.1) is 12.1 Å². The Kier molecular flexibility index (Phi) is 2.07. The van der Waals surface area contributed by atoms with Gasteiger partial charge in [-0.05, 0) is 20.3 Å². The lowest BCUT2D eigenvalue weighted by molar-refractivity contribution is -0.147. The van der Waals surface area contributed by atoms with Crippen LogP contribution < -0.4 is 0 Å².